The van der Waals surface area contributed by atoms with Gasteiger partial charge in [0.25, 0.3) is 0 Å². The SMILES string of the molecule is C=N/C(=N\C(=N/CCc1cccc2c1CC=CC=C2)c1cccc(-c2cccc(C)c2C(=C(C)C)/C(C)=C\CC)c1)c1ccccc1. The largest absolute Gasteiger partial charge is 0.266 e. The molecule has 0 spiro atoms. The number of benzene rings is 4. The molecule has 0 aliphatic heterocycles. The molecule has 4 aromatic carbocycles. The van der Waals surface area contributed by atoms with Gasteiger partial charge >= 0.3 is 0 Å². The molecule has 1 aliphatic carbocycles. The average molecular weight is 616 g/mol. The standard InChI is InChI=1S/C44H45N3/c1-7-17-32(4)41(31(2)3)42-33(5)18-14-27-40(42)37-24-16-25-38(30-37)44(47-43(45-6)36-20-11-8-12-21-36)46-29-28-35-23-15-22-34-19-10-9-13-26-39(34)35/h8-25,27,30H,6-7,26,28-29H2,1-5H3/b32-17-,46-44-,47-43-. The Kier molecular flexibility index (Phi) is 11.2. The summed E-state index contributed by atoms with van der Waals surface area (Å²) in [5.41, 5.74) is 14.6. The Hall–Kier alpha value is -5.15. The third-order valence-corrected chi connectivity index (χ3v) is 8.55. The van der Waals surface area contributed by atoms with E-state index in [1.165, 1.54) is 50.1 Å². The van der Waals surface area contributed by atoms with Gasteiger partial charge in [0, 0.05) is 17.7 Å². The van der Waals surface area contributed by atoms with E-state index in [-0.39, 0.29) is 0 Å². The number of hydrogen-bond donors (Lipinski definition) is 0. The van der Waals surface area contributed by atoms with Gasteiger partial charge in [-0.3, -0.25) is 4.99 Å². The highest BCUT2D eigenvalue weighted by molar-refractivity contribution is 6.13. The van der Waals surface area contributed by atoms with Crippen LogP contribution in [0, 0.1) is 6.92 Å². The van der Waals surface area contributed by atoms with Crippen LogP contribution in [0.4, 0.5) is 0 Å². The van der Waals surface area contributed by atoms with Crippen molar-refractivity contribution >= 4 is 30.0 Å². The molecule has 5 rings (SSSR count). The van der Waals surface area contributed by atoms with Crippen molar-refractivity contribution in [2.45, 2.75) is 53.9 Å². The lowest BCUT2D eigenvalue weighted by atomic mass is 9.85. The van der Waals surface area contributed by atoms with Crippen molar-refractivity contribution in [3.05, 3.63) is 165 Å². The molecule has 4 aromatic rings. The molecule has 3 nitrogen and oxygen atoms in total. The second-order valence-electron chi connectivity index (χ2n) is 12.1. The summed E-state index contributed by atoms with van der Waals surface area (Å²) >= 11 is 0. The summed E-state index contributed by atoms with van der Waals surface area (Å²) in [7, 11) is 0. The summed E-state index contributed by atoms with van der Waals surface area (Å²) in [5.74, 6) is 1.21. The van der Waals surface area contributed by atoms with Crippen LogP contribution in [0.3, 0.4) is 0 Å². The van der Waals surface area contributed by atoms with Gasteiger partial charge in [-0.25, -0.2) is 9.98 Å². The van der Waals surface area contributed by atoms with Gasteiger partial charge in [-0.05, 0) is 110 Å². The van der Waals surface area contributed by atoms with E-state index in [1.54, 1.807) is 0 Å². The van der Waals surface area contributed by atoms with Crippen LogP contribution in [0.1, 0.15) is 73.1 Å². The Morgan fingerprint density at radius 3 is 2.36 bits per heavy atom. The molecule has 3 heteroatoms. The van der Waals surface area contributed by atoms with Crippen LogP contribution in [0.25, 0.3) is 22.8 Å². The fourth-order valence-corrected chi connectivity index (χ4v) is 6.39. The van der Waals surface area contributed by atoms with Crippen LogP contribution >= 0.6 is 0 Å². The molecule has 0 bridgehead atoms. The molecule has 236 valence electrons. The molecule has 0 N–H and O–H groups in total. The second-order valence-corrected chi connectivity index (χ2v) is 12.1. The van der Waals surface area contributed by atoms with Crippen LogP contribution in [0.15, 0.2) is 141 Å². The van der Waals surface area contributed by atoms with E-state index in [0.29, 0.717) is 18.2 Å². The first-order valence-electron chi connectivity index (χ1n) is 16.6. The van der Waals surface area contributed by atoms with Crippen molar-refractivity contribution in [1.82, 2.24) is 0 Å². The van der Waals surface area contributed by atoms with Crippen LogP contribution in [-0.4, -0.2) is 24.9 Å². The predicted octanol–water partition coefficient (Wildman–Crippen LogP) is 11.1. The lowest BCUT2D eigenvalue weighted by molar-refractivity contribution is 0.946. The number of amidine groups is 2. The summed E-state index contributed by atoms with van der Waals surface area (Å²) in [5, 5.41) is 0. The van der Waals surface area contributed by atoms with E-state index >= 15 is 0 Å². The molecule has 0 saturated carbocycles. The van der Waals surface area contributed by atoms with Gasteiger partial charge in [0.15, 0.2) is 11.7 Å². The van der Waals surface area contributed by atoms with E-state index in [4.69, 9.17) is 9.98 Å². The second kappa shape index (κ2) is 15.9. The molecule has 0 atom stereocenters. The number of fused-ring (bicyclic) bond motifs is 1. The van der Waals surface area contributed by atoms with Crippen molar-refractivity contribution in [3.63, 3.8) is 0 Å². The number of allylic oxidation sites excluding steroid dienone is 7. The van der Waals surface area contributed by atoms with E-state index in [9.17, 15) is 0 Å². The monoisotopic (exact) mass is 615 g/mol. The summed E-state index contributed by atoms with van der Waals surface area (Å²) in [6.07, 6.45) is 13.7. The zero-order chi connectivity index (χ0) is 33.2. The summed E-state index contributed by atoms with van der Waals surface area (Å²) in [4.78, 5) is 14.5. The minimum absolute atomic E-state index is 0.557. The lowest BCUT2D eigenvalue weighted by Crippen LogP contribution is -2.07. The topological polar surface area (TPSA) is 37.1 Å². The zero-order valence-corrected chi connectivity index (χ0v) is 28.4. The first kappa shape index (κ1) is 33.2. The van der Waals surface area contributed by atoms with E-state index < -0.39 is 0 Å². The molecule has 47 heavy (non-hydrogen) atoms. The van der Waals surface area contributed by atoms with Crippen LogP contribution in [-0.2, 0) is 12.8 Å². The van der Waals surface area contributed by atoms with Crippen molar-refractivity contribution in [1.29, 1.82) is 0 Å². The molecule has 0 aromatic heterocycles. The molecule has 0 amide bonds. The third kappa shape index (κ3) is 7.99. The lowest BCUT2D eigenvalue weighted by Gasteiger charge is -2.19. The Morgan fingerprint density at radius 1 is 0.830 bits per heavy atom. The average Bonchev–Trinajstić information content (AvgIpc) is 3.34. The molecule has 0 radical (unpaired) electrons. The van der Waals surface area contributed by atoms with Crippen molar-refractivity contribution in [3.8, 4) is 11.1 Å². The Labute approximate surface area is 281 Å². The maximum absolute atomic E-state index is 5.15. The third-order valence-electron chi connectivity index (χ3n) is 8.55. The fourth-order valence-electron chi connectivity index (χ4n) is 6.39. The van der Waals surface area contributed by atoms with Crippen LogP contribution in [0.2, 0.25) is 0 Å². The summed E-state index contributed by atoms with van der Waals surface area (Å²) < 4.78 is 0. The van der Waals surface area contributed by atoms with E-state index in [0.717, 1.165) is 36.0 Å². The maximum Gasteiger partial charge on any atom is 0.161 e. The molecule has 0 heterocycles. The quantitative estimate of drug-likeness (QED) is 0.102. The van der Waals surface area contributed by atoms with Gasteiger partial charge in [-0.2, -0.15) is 0 Å². The smallest absolute Gasteiger partial charge is 0.161 e. The van der Waals surface area contributed by atoms with Gasteiger partial charge in [0.1, 0.15) is 0 Å². The number of nitrogens with zero attached hydrogens (tertiary/aromatic N) is 3. The first-order chi connectivity index (χ1) is 22.9. The van der Waals surface area contributed by atoms with Crippen LogP contribution < -0.4 is 0 Å². The fraction of sp³-hybridized carbons (Fsp3) is 0.205. The Balaban J connectivity index is 1.60. The highest BCUT2D eigenvalue weighted by Gasteiger charge is 2.17. The van der Waals surface area contributed by atoms with Gasteiger partial charge in [-0.15, -0.1) is 0 Å². The molecule has 0 fully saturated rings. The molecule has 0 saturated heterocycles. The highest BCUT2D eigenvalue weighted by atomic mass is 15.0. The Bertz CT molecular complexity index is 1930. The van der Waals surface area contributed by atoms with Crippen molar-refractivity contribution in [2.75, 3.05) is 6.54 Å². The number of hydrogen-bond acceptors (Lipinski definition) is 1. The normalized spacial score (nSPS) is 13.3. The zero-order valence-electron chi connectivity index (χ0n) is 28.4. The first-order valence-corrected chi connectivity index (χ1v) is 16.6. The minimum Gasteiger partial charge on any atom is -0.266 e. The maximum atomic E-state index is 5.15. The predicted molar refractivity (Wildman–Crippen MR) is 205 cm³/mol. The molecule has 0 unspecified atom stereocenters. The molecular formula is C44H45N3. The summed E-state index contributed by atoms with van der Waals surface area (Å²) in [6.45, 7) is 15.5. The van der Waals surface area contributed by atoms with E-state index in [1.807, 2.05) is 30.3 Å². The highest BCUT2D eigenvalue weighted by Crippen LogP contribution is 2.37. The van der Waals surface area contributed by atoms with Crippen molar-refractivity contribution < 1.29 is 0 Å². The van der Waals surface area contributed by atoms with Gasteiger partial charge in [0.05, 0.1) is 0 Å². The van der Waals surface area contributed by atoms with Crippen molar-refractivity contribution in [2.24, 2.45) is 15.0 Å². The van der Waals surface area contributed by atoms with Gasteiger partial charge in [-0.1, -0.05) is 128 Å². The number of aliphatic imine (C=N–C) groups is 3. The van der Waals surface area contributed by atoms with E-state index in [2.05, 4.69) is 137 Å². The number of rotatable bonds is 9. The molecular weight excluding hydrogens is 571 g/mol. The number of aryl methyl sites for hydroxylation is 1. The molecule has 1 aliphatic rings. The minimum atomic E-state index is 0.557. The van der Waals surface area contributed by atoms with Crippen LogP contribution in [0.5, 0.6) is 0 Å². The Morgan fingerprint density at radius 2 is 1.60 bits per heavy atom. The van der Waals surface area contributed by atoms with Gasteiger partial charge < -0.3 is 0 Å². The van der Waals surface area contributed by atoms with Gasteiger partial charge in [0.2, 0.25) is 0 Å². The summed E-state index contributed by atoms with van der Waals surface area (Å²) in [6, 6.07) is 31.8.